The van der Waals surface area contributed by atoms with Crippen LogP contribution < -0.4 is 11.1 Å². The van der Waals surface area contributed by atoms with Crippen LogP contribution in [-0.4, -0.2) is 59.9 Å². The fraction of sp³-hybridized carbons (Fsp3) is 0.519. The van der Waals surface area contributed by atoms with Crippen molar-refractivity contribution in [3.63, 3.8) is 0 Å². The molecule has 1 aliphatic heterocycles. The second-order valence-corrected chi connectivity index (χ2v) is 10.6. The number of nitrogens with two attached hydrogens (primary N) is 1. The molecule has 2 bridgehead atoms. The second kappa shape index (κ2) is 9.49. The van der Waals surface area contributed by atoms with Gasteiger partial charge in [0.15, 0.2) is 5.78 Å². The van der Waals surface area contributed by atoms with Crippen LogP contribution in [0.15, 0.2) is 18.2 Å². The quantitative estimate of drug-likeness (QED) is 0.699. The molecule has 2 heterocycles. The summed E-state index contributed by atoms with van der Waals surface area (Å²) in [7, 11) is 1.62. The molecule has 4 rings (SSSR count). The highest BCUT2D eigenvalue weighted by molar-refractivity contribution is 6.01. The van der Waals surface area contributed by atoms with Gasteiger partial charge in [-0.3, -0.25) is 14.4 Å². The first-order valence-corrected chi connectivity index (χ1v) is 12.3. The number of benzene rings is 1. The lowest BCUT2D eigenvalue weighted by molar-refractivity contribution is -0.131. The first-order chi connectivity index (χ1) is 16.5. The summed E-state index contributed by atoms with van der Waals surface area (Å²) in [5.74, 6) is -0.380. The maximum atomic E-state index is 13.5. The SMILES string of the molecule is COCCN1CC[C@H](C)Nc2cc(ccc2C(N)=O)-n2c(c(C)c3c2CC(C)(C)CC3=O)CC1=O. The summed E-state index contributed by atoms with van der Waals surface area (Å²) in [5.41, 5.74) is 10.7. The number of methoxy groups -OCH3 is 1. The molecule has 188 valence electrons. The first-order valence-electron chi connectivity index (χ1n) is 12.3. The van der Waals surface area contributed by atoms with Crippen LogP contribution in [0.4, 0.5) is 5.69 Å². The topological polar surface area (TPSA) is 107 Å². The van der Waals surface area contributed by atoms with Crippen molar-refractivity contribution in [3.05, 3.63) is 46.3 Å². The summed E-state index contributed by atoms with van der Waals surface area (Å²) in [5, 5.41) is 3.43. The van der Waals surface area contributed by atoms with E-state index in [2.05, 4.69) is 23.7 Å². The van der Waals surface area contributed by atoms with Crippen LogP contribution in [0.3, 0.4) is 0 Å². The van der Waals surface area contributed by atoms with Crippen molar-refractivity contribution >= 4 is 23.3 Å². The summed E-state index contributed by atoms with van der Waals surface area (Å²) in [6.07, 6.45) is 2.07. The van der Waals surface area contributed by atoms with Crippen LogP contribution >= 0.6 is 0 Å². The molecule has 2 amide bonds. The van der Waals surface area contributed by atoms with E-state index in [1.165, 1.54) is 0 Å². The monoisotopic (exact) mass is 480 g/mol. The van der Waals surface area contributed by atoms with Crippen molar-refractivity contribution in [1.29, 1.82) is 0 Å². The lowest BCUT2D eigenvalue weighted by atomic mass is 9.75. The number of aromatic nitrogens is 1. The predicted molar refractivity (Wildman–Crippen MR) is 135 cm³/mol. The van der Waals surface area contributed by atoms with E-state index in [9.17, 15) is 14.4 Å². The number of ether oxygens (including phenoxy) is 1. The zero-order chi connectivity index (χ0) is 25.5. The molecule has 35 heavy (non-hydrogen) atoms. The van der Waals surface area contributed by atoms with E-state index in [1.54, 1.807) is 13.2 Å². The summed E-state index contributed by atoms with van der Waals surface area (Å²) in [4.78, 5) is 40.8. The third-order valence-electron chi connectivity index (χ3n) is 7.20. The number of nitrogens with zero attached hydrogens (tertiary/aromatic N) is 2. The van der Waals surface area contributed by atoms with Crippen molar-refractivity contribution in [1.82, 2.24) is 9.47 Å². The van der Waals surface area contributed by atoms with Gasteiger partial charge >= 0.3 is 0 Å². The minimum absolute atomic E-state index is 0.000848. The van der Waals surface area contributed by atoms with Gasteiger partial charge in [-0.05, 0) is 55.9 Å². The van der Waals surface area contributed by atoms with E-state index in [1.807, 2.05) is 30.9 Å². The van der Waals surface area contributed by atoms with Gasteiger partial charge in [0.2, 0.25) is 5.91 Å². The van der Waals surface area contributed by atoms with Crippen LogP contribution in [0.1, 0.15) is 71.3 Å². The number of ketones is 1. The Bertz CT molecular complexity index is 1180. The standard InChI is InChI=1S/C27H36N4O4/c1-16-8-9-30(10-11-35-5)24(33)13-21-17(2)25-22(14-27(3,4)15-23(25)32)31(21)18-6-7-19(26(28)34)20(12-18)29-16/h6-7,12,16,29H,8-11,13-15H2,1-5H3,(H2,28,34)/t16-/m0/s1. The number of amides is 2. The Morgan fingerprint density at radius 3 is 2.66 bits per heavy atom. The Morgan fingerprint density at radius 2 is 1.97 bits per heavy atom. The number of Topliss-reactive ketones (excluding diaryl/α,β-unsaturated/α-hetero) is 1. The van der Waals surface area contributed by atoms with Crippen molar-refractivity contribution in [2.24, 2.45) is 11.1 Å². The molecule has 0 saturated carbocycles. The van der Waals surface area contributed by atoms with Gasteiger partial charge in [-0.1, -0.05) is 13.8 Å². The maximum absolute atomic E-state index is 13.5. The van der Waals surface area contributed by atoms with Crippen molar-refractivity contribution in [2.75, 3.05) is 32.1 Å². The third-order valence-corrected chi connectivity index (χ3v) is 7.20. The van der Waals surface area contributed by atoms with Crippen LogP contribution in [0.2, 0.25) is 0 Å². The number of rotatable bonds is 4. The Morgan fingerprint density at radius 1 is 1.23 bits per heavy atom. The third kappa shape index (κ3) is 4.85. The minimum Gasteiger partial charge on any atom is -0.383 e. The predicted octanol–water partition coefficient (Wildman–Crippen LogP) is 3.26. The molecular weight excluding hydrogens is 444 g/mol. The van der Waals surface area contributed by atoms with Crippen molar-refractivity contribution in [2.45, 2.75) is 59.4 Å². The smallest absolute Gasteiger partial charge is 0.250 e. The van der Waals surface area contributed by atoms with Crippen molar-refractivity contribution < 1.29 is 19.1 Å². The van der Waals surface area contributed by atoms with Gasteiger partial charge in [0, 0.05) is 61.0 Å². The summed E-state index contributed by atoms with van der Waals surface area (Å²) < 4.78 is 7.32. The molecule has 2 aromatic rings. The molecule has 0 spiro atoms. The Balaban J connectivity index is 1.95. The number of primary amides is 1. The second-order valence-electron chi connectivity index (χ2n) is 10.6. The van der Waals surface area contributed by atoms with E-state index in [0.717, 1.165) is 28.2 Å². The van der Waals surface area contributed by atoms with Gasteiger partial charge in [0.05, 0.1) is 18.6 Å². The highest BCUT2D eigenvalue weighted by atomic mass is 16.5. The highest BCUT2D eigenvalue weighted by Crippen LogP contribution is 2.40. The van der Waals surface area contributed by atoms with Gasteiger partial charge in [-0.15, -0.1) is 0 Å². The molecule has 8 nitrogen and oxygen atoms in total. The normalized spacial score (nSPS) is 19.8. The number of fused-ring (bicyclic) bond motifs is 6. The van der Waals surface area contributed by atoms with Gasteiger partial charge < -0.3 is 25.3 Å². The fourth-order valence-corrected chi connectivity index (χ4v) is 5.41. The zero-order valence-corrected chi connectivity index (χ0v) is 21.4. The maximum Gasteiger partial charge on any atom is 0.250 e. The molecule has 1 atom stereocenters. The van der Waals surface area contributed by atoms with Crippen LogP contribution in [0.25, 0.3) is 5.69 Å². The number of hydrogen-bond donors (Lipinski definition) is 2. The molecule has 3 N–H and O–H groups in total. The Labute approximate surface area is 206 Å². The molecular formula is C27H36N4O4. The van der Waals surface area contributed by atoms with E-state index < -0.39 is 5.91 Å². The van der Waals surface area contributed by atoms with Gasteiger partial charge in [-0.2, -0.15) is 0 Å². The lowest BCUT2D eigenvalue weighted by Gasteiger charge is -2.30. The molecule has 0 radical (unpaired) electrons. The van der Waals surface area contributed by atoms with E-state index >= 15 is 0 Å². The largest absolute Gasteiger partial charge is 0.383 e. The van der Waals surface area contributed by atoms with E-state index in [-0.39, 0.29) is 29.6 Å². The van der Waals surface area contributed by atoms with Crippen LogP contribution in [-0.2, 0) is 22.4 Å². The Hall–Kier alpha value is -3.13. The van der Waals surface area contributed by atoms with E-state index in [0.29, 0.717) is 50.2 Å². The number of hydrogen-bond acceptors (Lipinski definition) is 5. The average Bonchev–Trinajstić information content (AvgIpc) is 3.02. The summed E-state index contributed by atoms with van der Waals surface area (Å²) in [6, 6.07) is 5.50. The number of anilines is 1. The average molecular weight is 481 g/mol. The zero-order valence-electron chi connectivity index (χ0n) is 21.4. The lowest BCUT2D eigenvalue weighted by Crippen LogP contribution is -2.38. The molecule has 2 aliphatic rings. The molecule has 0 fully saturated rings. The van der Waals surface area contributed by atoms with Gasteiger partial charge in [-0.25, -0.2) is 0 Å². The van der Waals surface area contributed by atoms with E-state index in [4.69, 9.17) is 10.5 Å². The highest BCUT2D eigenvalue weighted by Gasteiger charge is 2.37. The molecule has 1 aromatic heterocycles. The molecule has 1 aliphatic carbocycles. The molecule has 1 aromatic carbocycles. The fourth-order valence-electron chi connectivity index (χ4n) is 5.41. The molecule has 8 heteroatoms. The van der Waals surface area contributed by atoms with Crippen LogP contribution in [0.5, 0.6) is 0 Å². The minimum atomic E-state index is -0.502. The van der Waals surface area contributed by atoms with Crippen LogP contribution in [0, 0.1) is 12.3 Å². The summed E-state index contributed by atoms with van der Waals surface area (Å²) in [6.45, 7) is 9.65. The number of carbonyl (C=O) groups is 3. The van der Waals surface area contributed by atoms with Crippen molar-refractivity contribution in [3.8, 4) is 5.69 Å². The Kier molecular flexibility index (Phi) is 6.77. The van der Waals surface area contributed by atoms with Gasteiger partial charge in [0.1, 0.15) is 0 Å². The molecule has 0 unspecified atom stereocenters. The summed E-state index contributed by atoms with van der Waals surface area (Å²) >= 11 is 0. The first kappa shape index (κ1) is 25.0. The number of nitrogens with one attached hydrogen (secondary N) is 1. The molecule has 0 saturated heterocycles. The van der Waals surface area contributed by atoms with Gasteiger partial charge in [0.25, 0.3) is 5.91 Å². The number of carbonyl (C=O) groups excluding carboxylic acids is 3.